The van der Waals surface area contributed by atoms with E-state index in [4.69, 9.17) is 0 Å². The number of likely N-dealkylation sites (tertiary alicyclic amines) is 2. The Morgan fingerprint density at radius 2 is 1.81 bits per heavy atom. The third-order valence-corrected chi connectivity index (χ3v) is 4.95. The van der Waals surface area contributed by atoms with E-state index in [1.807, 2.05) is 11.8 Å². The molecule has 2 saturated heterocycles. The number of nitrogens with zero attached hydrogens (tertiary/aromatic N) is 2. The number of carbonyl (C=O) groups is 2. The van der Waals surface area contributed by atoms with Gasteiger partial charge in [-0.3, -0.25) is 0 Å². The van der Waals surface area contributed by atoms with E-state index in [0.717, 1.165) is 38.8 Å². The van der Waals surface area contributed by atoms with Crippen molar-refractivity contribution < 1.29 is 14.7 Å². The molecule has 2 amide bonds. The summed E-state index contributed by atoms with van der Waals surface area (Å²) in [5, 5.41) is 9.70. The van der Waals surface area contributed by atoms with Crippen LogP contribution < -0.4 is 0 Å². The van der Waals surface area contributed by atoms with Crippen molar-refractivity contribution in [1.29, 1.82) is 0 Å². The largest absolute Gasteiger partial charge is 0.479 e. The maximum atomic E-state index is 12.9. The molecule has 0 aromatic heterocycles. The van der Waals surface area contributed by atoms with E-state index in [9.17, 15) is 14.7 Å². The van der Waals surface area contributed by atoms with Gasteiger partial charge in [0.2, 0.25) is 0 Å². The third kappa shape index (κ3) is 3.01. The minimum Gasteiger partial charge on any atom is -0.479 e. The van der Waals surface area contributed by atoms with Crippen molar-refractivity contribution in [2.45, 2.75) is 64.8 Å². The van der Waals surface area contributed by atoms with Gasteiger partial charge in [-0.25, -0.2) is 9.59 Å². The number of amides is 2. The number of piperidine rings is 1. The molecule has 1 N–H and O–H groups in total. The van der Waals surface area contributed by atoms with Gasteiger partial charge in [0.1, 0.15) is 5.54 Å². The van der Waals surface area contributed by atoms with Crippen LogP contribution in [0.3, 0.4) is 0 Å². The fourth-order valence-electron chi connectivity index (χ4n) is 3.92. The average molecular weight is 296 g/mol. The molecule has 120 valence electrons. The molecule has 0 bridgehead atoms. The van der Waals surface area contributed by atoms with Crippen LogP contribution in [-0.4, -0.2) is 52.1 Å². The maximum absolute atomic E-state index is 12.9. The summed E-state index contributed by atoms with van der Waals surface area (Å²) >= 11 is 0. The van der Waals surface area contributed by atoms with Gasteiger partial charge in [0.05, 0.1) is 0 Å². The predicted molar refractivity (Wildman–Crippen MR) is 81.2 cm³/mol. The second kappa shape index (κ2) is 5.85. The topological polar surface area (TPSA) is 60.9 Å². The highest BCUT2D eigenvalue weighted by atomic mass is 16.4. The number of carboxylic acids is 1. The van der Waals surface area contributed by atoms with E-state index in [1.54, 1.807) is 4.90 Å². The Balaban J connectivity index is 2.18. The lowest BCUT2D eigenvalue weighted by atomic mass is 9.84. The fourth-order valence-corrected chi connectivity index (χ4v) is 3.92. The molecule has 0 aliphatic carbocycles. The van der Waals surface area contributed by atoms with Crippen LogP contribution in [0.5, 0.6) is 0 Å². The van der Waals surface area contributed by atoms with Crippen molar-refractivity contribution in [3.63, 3.8) is 0 Å². The van der Waals surface area contributed by atoms with Gasteiger partial charge >= 0.3 is 12.0 Å². The van der Waals surface area contributed by atoms with Gasteiger partial charge in [0.25, 0.3) is 0 Å². The van der Waals surface area contributed by atoms with Crippen molar-refractivity contribution >= 4 is 12.0 Å². The van der Waals surface area contributed by atoms with E-state index in [0.29, 0.717) is 19.4 Å². The van der Waals surface area contributed by atoms with Crippen LogP contribution in [-0.2, 0) is 4.79 Å². The second-order valence-corrected chi connectivity index (χ2v) is 7.31. The summed E-state index contributed by atoms with van der Waals surface area (Å²) in [5.41, 5.74) is -0.850. The highest BCUT2D eigenvalue weighted by Crippen LogP contribution is 2.36. The molecule has 0 spiro atoms. The van der Waals surface area contributed by atoms with Crippen molar-refractivity contribution in [2.24, 2.45) is 5.41 Å². The molecule has 1 atom stereocenters. The standard InChI is InChI=1S/C16H28N2O3/c1-4-7-16(13(19)20)9-6-11-18(16)14(21)17-10-5-8-15(2,3)12-17/h4-12H2,1-3H3,(H,19,20). The Bertz CT molecular complexity index is 422. The zero-order chi connectivity index (χ0) is 15.7. The highest BCUT2D eigenvalue weighted by molar-refractivity contribution is 5.87. The molecule has 0 saturated carbocycles. The zero-order valence-electron chi connectivity index (χ0n) is 13.5. The molecule has 0 aromatic rings. The van der Waals surface area contributed by atoms with Crippen LogP contribution in [0, 0.1) is 5.41 Å². The van der Waals surface area contributed by atoms with Crippen molar-refractivity contribution in [2.75, 3.05) is 19.6 Å². The quantitative estimate of drug-likeness (QED) is 0.871. The molecule has 5 heteroatoms. The smallest absolute Gasteiger partial charge is 0.329 e. The number of hydrogen-bond acceptors (Lipinski definition) is 2. The van der Waals surface area contributed by atoms with Crippen LogP contribution in [0.15, 0.2) is 0 Å². The monoisotopic (exact) mass is 296 g/mol. The van der Waals surface area contributed by atoms with Crippen LogP contribution in [0.1, 0.15) is 59.3 Å². The van der Waals surface area contributed by atoms with Gasteiger partial charge < -0.3 is 14.9 Å². The molecule has 0 radical (unpaired) electrons. The van der Waals surface area contributed by atoms with E-state index in [-0.39, 0.29) is 11.4 Å². The van der Waals surface area contributed by atoms with Crippen LogP contribution in [0.25, 0.3) is 0 Å². The third-order valence-electron chi connectivity index (χ3n) is 4.95. The molecule has 2 aliphatic rings. The van der Waals surface area contributed by atoms with Crippen molar-refractivity contribution in [3.8, 4) is 0 Å². The summed E-state index contributed by atoms with van der Waals surface area (Å²) in [7, 11) is 0. The Labute approximate surface area is 127 Å². The van der Waals surface area contributed by atoms with Gasteiger partial charge in [-0.1, -0.05) is 27.2 Å². The van der Waals surface area contributed by atoms with E-state index < -0.39 is 11.5 Å². The Hall–Kier alpha value is -1.26. The van der Waals surface area contributed by atoms with E-state index >= 15 is 0 Å². The summed E-state index contributed by atoms with van der Waals surface area (Å²) in [6, 6.07) is -0.0730. The Morgan fingerprint density at radius 3 is 2.38 bits per heavy atom. The first kappa shape index (κ1) is 16.1. The number of rotatable bonds is 3. The first-order valence-electron chi connectivity index (χ1n) is 8.12. The summed E-state index contributed by atoms with van der Waals surface area (Å²) in [6.07, 6.45) is 4.82. The van der Waals surface area contributed by atoms with Gasteiger partial charge in [-0.05, 0) is 37.5 Å². The molecule has 2 rings (SSSR count). The molecule has 21 heavy (non-hydrogen) atoms. The molecule has 2 fully saturated rings. The molecule has 2 heterocycles. The van der Waals surface area contributed by atoms with Crippen molar-refractivity contribution in [3.05, 3.63) is 0 Å². The van der Waals surface area contributed by atoms with Crippen LogP contribution >= 0.6 is 0 Å². The number of hydrogen-bond donors (Lipinski definition) is 1. The number of carbonyl (C=O) groups excluding carboxylic acids is 1. The maximum Gasteiger partial charge on any atom is 0.329 e. The van der Waals surface area contributed by atoms with Crippen molar-refractivity contribution in [1.82, 2.24) is 9.80 Å². The van der Waals surface area contributed by atoms with E-state index in [2.05, 4.69) is 13.8 Å². The lowest BCUT2D eigenvalue weighted by Gasteiger charge is -2.43. The summed E-state index contributed by atoms with van der Waals surface area (Å²) < 4.78 is 0. The zero-order valence-corrected chi connectivity index (χ0v) is 13.5. The molecule has 5 nitrogen and oxygen atoms in total. The number of aliphatic carboxylic acids is 1. The first-order valence-corrected chi connectivity index (χ1v) is 8.12. The second-order valence-electron chi connectivity index (χ2n) is 7.31. The highest BCUT2D eigenvalue weighted by Gasteiger charge is 2.50. The van der Waals surface area contributed by atoms with Gasteiger partial charge in [0, 0.05) is 19.6 Å². The lowest BCUT2D eigenvalue weighted by Crippen LogP contribution is -2.58. The molecular weight excluding hydrogens is 268 g/mol. The minimum atomic E-state index is -0.979. The molecule has 2 aliphatic heterocycles. The summed E-state index contributed by atoms with van der Waals surface area (Å²) in [6.45, 7) is 8.38. The van der Waals surface area contributed by atoms with Crippen LogP contribution in [0.2, 0.25) is 0 Å². The predicted octanol–water partition coefficient (Wildman–Crippen LogP) is 2.95. The molecular formula is C16H28N2O3. The Kier molecular flexibility index (Phi) is 4.49. The fraction of sp³-hybridized carbons (Fsp3) is 0.875. The Morgan fingerprint density at radius 1 is 1.14 bits per heavy atom. The van der Waals surface area contributed by atoms with Crippen LogP contribution in [0.4, 0.5) is 4.79 Å². The SMILES string of the molecule is CCCC1(C(=O)O)CCCN1C(=O)N1CCCC(C)(C)C1. The first-order chi connectivity index (χ1) is 9.82. The van der Waals surface area contributed by atoms with Gasteiger partial charge in [-0.15, -0.1) is 0 Å². The number of carboxylic acid groups (broad SMARTS) is 1. The minimum absolute atomic E-state index is 0.0730. The number of urea groups is 1. The molecule has 1 unspecified atom stereocenters. The lowest BCUT2D eigenvalue weighted by molar-refractivity contribution is -0.149. The normalized spacial score (nSPS) is 28.7. The van der Waals surface area contributed by atoms with Gasteiger partial charge in [0.15, 0.2) is 0 Å². The average Bonchev–Trinajstić information content (AvgIpc) is 2.82. The van der Waals surface area contributed by atoms with Gasteiger partial charge in [-0.2, -0.15) is 0 Å². The summed E-state index contributed by atoms with van der Waals surface area (Å²) in [4.78, 5) is 28.2. The van der Waals surface area contributed by atoms with E-state index in [1.165, 1.54) is 0 Å². The summed E-state index contributed by atoms with van der Waals surface area (Å²) in [5.74, 6) is -0.841. The molecule has 0 aromatic carbocycles.